The minimum absolute atomic E-state index is 0.976. The molecule has 3 aromatic rings. The van der Waals surface area contributed by atoms with E-state index in [2.05, 4.69) is 45.2 Å². The third-order valence-electron chi connectivity index (χ3n) is 3.20. The first-order valence-electron chi connectivity index (χ1n) is 6.23. The van der Waals surface area contributed by atoms with Gasteiger partial charge in [0.25, 0.3) is 0 Å². The van der Waals surface area contributed by atoms with E-state index in [0.29, 0.717) is 0 Å². The maximum absolute atomic E-state index is 4.43. The fraction of sp³-hybridized carbons (Fsp3) is 0.125. The van der Waals surface area contributed by atoms with Crippen molar-refractivity contribution in [2.24, 2.45) is 0 Å². The molecule has 3 nitrogen and oxygen atoms in total. The molecule has 0 spiro atoms. The molecule has 2 aromatic carbocycles. The van der Waals surface area contributed by atoms with Crippen LogP contribution in [-0.2, 0) is 0 Å². The second kappa shape index (κ2) is 4.69. The Hall–Kier alpha value is -2.42. The first-order chi connectivity index (χ1) is 9.25. The molecule has 0 N–H and O–H groups in total. The Morgan fingerprint density at radius 3 is 2.32 bits per heavy atom. The Labute approximate surface area is 112 Å². The summed E-state index contributed by atoms with van der Waals surface area (Å²) < 4.78 is 0. The van der Waals surface area contributed by atoms with Crippen molar-refractivity contribution in [3.05, 3.63) is 54.9 Å². The van der Waals surface area contributed by atoms with Crippen LogP contribution in [0.3, 0.4) is 0 Å². The molecule has 0 aliphatic carbocycles. The van der Waals surface area contributed by atoms with Gasteiger partial charge in [-0.05, 0) is 18.2 Å². The lowest BCUT2D eigenvalue weighted by Crippen LogP contribution is -2.07. The van der Waals surface area contributed by atoms with E-state index in [-0.39, 0.29) is 0 Å². The number of benzene rings is 2. The molecule has 0 bridgehead atoms. The average molecular weight is 249 g/mol. The second-order valence-electron chi connectivity index (χ2n) is 4.68. The zero-order chi connectivity index (χ0) is 13.2. The molecule has 94 valence electrons. The average Bonchev–Trinajstić information content (AvgIpc) is 2.47. The summed E-state index contributed by atoms with van der Waals surface area (Å²) in [6.07, 6.45) is 1.62. The molecular weight excluding hydrogens is 234 g/mol. The van der Waals surface area contributed by atoms with E-state index in [1.54, 1.807) is 6.33 Å². The standard InChI is InChI=1S/C16H15N3/c1-19(2)13-9-7-12(8-10-13)16-14-5-3-4-6-15(14)17-11-18-16/h3-11H,1-2H3. The highest BCUT2D eigenvalue weighted by molar-refractivity contribution is 5.92. The zero-order valence-electron chi connectivity index (χ0n) is 11.0. The quantitative estimate of drug-likeness (QED) is 0.697. The normalized spacial score (nSPS) is 10.6. The zero-order valence-corrected chi connectivity index (χ0v) is 11.0. The van der Waals surface area contributed by atoms with Gasteiger partial charge in [-0.15, -0.1) is 0 Å². The van der Waals surface area contributed by atoms with Crippen molar-refractivity contribution in [3.8, 4) is 11.3 Å². The minimum Gasteiger partial charge on any atom is -0.378 e. The molecule has 0 fully saturated rings. The molecular formula is C16H15N3. The molecule has 0 radical (unpaired) electrons. The summed E-state index contributed by atoms with van der Waals surface area (Å²) in [4.78, 5) is 10.8. The summed E-state index contributed by atoms with van der Waals surface area (Å²) >= 11 is 0. The molecule has 19 heavy (non-hydrogen) atoms. The second-order valence-corrected chi connectivity index (χ2v) is 4.68. The molecule has 3 heteroatoms. The van der Waals surface area contributed by atoms with Crippen LogP contribution in [0.5, 0.6) is 0 Å². The van der Waals surface area contributed by atoms with Crippen molar-refractivity contribution < 1.29 is 0 Å². The number of rotatable bonds is 2. The Balaban J connectivity index is 2.14. The summed E-state index contributed by atoms with van der Waals surface area (Å²) in [7, 11) is 4.07. The van der Waals surface area contributed by atoms with Gasteiger partial charge in [0.2, 0.25) is 0 Å². The maximum atomic E-state index is 4.43. The van der Waals surface area contributed by atoms with Gasteiger partial charge in [-0.1, -0.05) is 30.3 Å². The summed E-state index contributed by atoms with van der Waals surface area (Å²) in [5.41, 5.74) is 4.26. The van der Waals surface area contributed by atoms with Crippen molar-refractivity contribution in [3.63, 3.8) is 0 Å². The topological polar surface area (TPSA) is 29.0 Å². The van der Waals surface area contributed by atoms with Gasteiger partial charge < -0.3 is 4.90 Å². The number of fused-ring (bicyclic) bond motifs is 1. The number of hydrogen-bond donors (Lipinski definition) is 0. The van der Waals surface area contributed by atoms with Crippen molar-refractivity contribution in [2.75, 3.05) is 19.0 Å². The Bertz CT molecular complexity index is 697. The van der Waals surface area contributed by atoms with Gasteiger partial charge in [-0.3, -0.25) is 0 Å². The van der Waals surface area contributed by atoms with Gasteiger partial charge >= 0.3 is 0 Å². The number of anilines is 1. The molecule has 1 aromatic heterocycles. The van der Waals surface area contributed by atoms with Gasteiger partial charge in [0, 0.05) is 30.7 Å². The molecule has 3 rings (SSSR count). The molecule has 0 unspecified atom stereocenters. The van der Waals surface area contributed by atoms with E-state index >= 15 is 0 Å². The van der Waals surface area contributed by atoms with Crippen LogP contribution in [0.1, 0.15) is 0 Å². The summed E-state index contributed by atoms with van der Waals surface area (Å²) in [6.45, 7) is 0. The SMILES string of the molecule is CN(C)c1ccc(-c2ncnc3ccccc23)cc1. The van der Waals surface area contributed by atoms with E-state index in [4.69, 9.17) is 0 Å². The number of nitrogens with zero attached hydrogens (tertiary/aromatic N) is 3. The fourth-order valence-electron chi connectivity index (χ4n) is 2.15. The number of hydrogen-bond acceptors (Lipinski definition) is 3. The largest absolute Gasteiger partial charge is 0.378 e. The summed E-state index contributed by atoms with van der Waals surface area (Å²) in [6, 6.07) is 16.5. The van der Waals surface area contributed by atoms with E-state index < -0.39 is 0 Å². The predicted octanol–water partition coefficient (Wildman–Crippen LogP) is 3.36. The smallest absolute Gasteiger partial charge is 0.116 e. The first kappa shape index (κ1) is 11.7. The monoisotopic (exact) mass is 249 g/mol. The fourth-order valence-corrected chi connectivity index (χ4v) is 2.15. The lowest BCUT2D eigenvalue weighted by molar-refractivity contribution is 1.13. The van der Waals surface area contributed by atoms with Crippen LogP contribution in [0, 0.1) is 0 Å². The molecule has 1 heterocycles. The highest BCUT2D eigenvalue weighted by atomic mass is 15.1. The Kier molecular flexibility index (Phi) is 2.88. The number of aromatic nitrogens is 2. The number of para-hydroxylation sites is 1. The first-order valence-corrected chi connectivity index (χ1v) is 6.23. The molecule has 0 saturated carbocycles. The van der Waals surface area contributed by atoms with E-state index in [1.165, 1.54) is 5.69 Å². The minimum atomic E-state index is 0.976. The van der Waals surface area contributed by atoms with Crippen LogP contribution >= 0.6 is 0 Å². The lowest BCUT2D eigenvalue weighted by atomic mass is 10.1. The third kappa shape index (κ3) is 2.15. The van der Waals surface area contributed by atoms with Gasteiger partial charge in [-0.2, -0.15) is 0 Å². The van der Waals surface area contributed by atoms with Crippen LogP contribution in [0.15, 0.2) is 54.9 Å². The van der Waals surface area contributed by atoms with Crippen LogP contribution in [0.4, 0.5) is 5.69 Å². The molecule has 0 amide bonds. The van der Waals surface area contributed by atoms with E-state index in [9.17, 15) is 0 Å². The van der Waals surface area contributed by atoms with Crippen LogP contribution in [0.2, 0.25) is 0 Å². The molecule has 0 atom stereocenters. The predicted molar refractivity (Wildman–Crippen MR) is 79.3 cm³/mol. The Morgan fingerprint density at radius 1 is 0.842 bits per heavy atom. The molecule has 0 aliphatic rings. The highest BCUT2D eigenvalue weighted by Gasteiger charge is 2.05. The van der Waals surface area contributed by atoms with Crippen LogP contribution in [0.25, 0.3) is 22.2 Å². The highest BCUT2D eigenvalue weighted by Crippen LogP contribution is 2.26. The van der Waals surface area contributed by atoms with Gasteiger partial charge in [-0.25, -0.2) is 9.97 Å². The lowest BCUT2D eigenvalue weighted by Gasteiger charge is -2.13. The summed E-state index contributed by atoms with van der Waals surface area (Å²) in [5, 5.41) is 1.09. The third-order valence-corrected chi connectivity index (χ3v) is 3.20. The van der Waals surface area contributed by atoms with Crippen molar-refractivity contribution in [1.29, 1.82) is 0 Å². The van der Waals surface area contributed by atoms with Crippen LogP contribution < -0.4 is 4.90 Å². The van der Waals surface area contributed by atoms with E-state index in [1.807, 2.05) is 32.3 Å². The van der Waals surface area contributed by atoms with Gasteiger partial charge in [0.15, 0.2) is 0 Å². The van der Waals surface area contributed by atoms with Crippen molar-refractivity contribution in [2.45, 2.75) is 0 Å². The van der Waals surface area contributed by atoms with Gasteiger partial charge in [0.1, 0.15) is 6.33 Å². The van der Waals surface area contributed by atoms with Crippen molar-refractivity contribution in [1.82, 2.24) is 9.97 Å². The van der Waals surface area contributed by atoms with Crippen LogP contribution in [-0.4, -0.2) is 24.1 Å². The van der Waals surface area contributed by atoms with E-state index in [0.717, 1.165) is 22.2 Å². The van der Waals surface area contributed by atoms with Gasteiger partial charge in [0.05, 0.1) is 11.2 Å². The molecule has 0 saturated heterocycles. The maximum Gasteiger partial charge on any atom is 0.116 e. The summed E-state index contributed by atoms with van der Waals surface area (Å²) in [5.74, 6) is 0. The van der Waals surface area contributed by atoms with Crippen molar-refractivity contribution >= 4 is 16.6 Å². The Morgan fingerprint density at radius 2 is 1.58 bits per heavy atom. The molecule has 0 aliphatic heterocycles.